The van der Waals surface area contributed by atoms with E-state index in [0.29, 0.717) is 32.9 Å². The number of hydrogen-bond acceptors (Lipinski definition) is 4. The maximum absolute atomic E-state index is 12.7. The lowest BCUT2D eigenvalue weighted by molar-refractivity contribution is 0.0951. The number of nitrogens with one attached hydrogen (secondary N) is 1. The van der Waals surface area contributed by atoms with E-state index in [0.717, 1.165) is 24.1 Å². The highest BCUT2D eigenvalue weighted by atomic mass is 35.5. The zero-order chi connectivity index (χ0) is 18.7. The van der Waals surface area contributed by atoms with Gasteiger partial charge in [0.25, 0.3) is 15.9 Å². The number of hydrogen-bond donors (Lipinski definition) is 1. The normalized spacial score (nSPS) is 15.8. The molecule has 2 heterocycles. The number of sulfonamides is 1. The second kappa shape index (κ2) is 8.27. The molecule has 0 unspecified atom stereocenters. The highest BCUT2D eigenvalue weighted by Gasteiger charge is 2.27. The first-order chi connectivity index (χ1) is 12.4. The van der Waals surface area contributed by atoms with E-state index in [-0.39, 0.29) is 12.5 Å². The van der Waals surface area contributed by atoms with Crippen molar-refractivity contribution in [2.45, 2.75) is 30.0 Å². The largest absolute Gasteiger partial charge is 0.347 e. The van der Waals surface area contributed by atoms with E-state index in [1.807, 2.05) is 0 Å². The van der Waals surface area contributed by atoms with Crippen LogP contribution in [0, 0.1) is 0 Å². The summed E-state index contributed by atoms with van der Waals surface area (Å²) in [6.45, 7) is 1.38. The monoisotopic (exact) mass is 432 g/mol. The lowest BCUT2D eigenvalue weighted by Gasteiger charge is -2.25. The minimum atomic E-state index is -3.44. The van der Waals surface area contributed by atoms with Crippen molar-refractivity contribution in [2.75, 3.05) is 13.1 Å². The first-order valence-corrected chi connectivity index (χ1v) is 11.2. The Kier molecular flexibility index (Phi) is 6.25. The van der Waals surface area contributed by atoms with Crippen LogP contribution in [0.4, 0.5) is 0 Å². The van der Waals surface area contributed by atoms with Gasteiger partial charge in [-0.15, -0.1) is 11.3 Å². The number of thiophene rings is 1. The average molecular weight is 433 g/mol. The number of nitrogens with zero attached hydrogens (tertiary/aromatic N) is 1. The van der Waals surface area contributed by atoms with E-state index in [4.69, 9.17) is 23.2 Å². The lowest BCUT2D eigenvalue weighted by Crippen LogP contribution is -2.35. The van der Waals surface area contributed by atoms with Crippen molar-refractivity contribution in [2.24, 2.45) is 0 Å². The summed E-state index contributed by atoms with van der Waals surface area (Å²) in [7, 11) is -3.44. The fourth-order valence-corrected chi connectivity index (χ4v) is 6.27. The minimum absolute atomic E-state index is 0.239. The Morgan fingerprint density at radius 2 is 1.73 bits per heavy atom. The molecule has 1 saturated heterocycles. The third kappa shape index (κ3) is 4.58. The highest BCUT2D eigenvalue weighted by molar-refractivity contribution is 7.91. The number of halogens is 2. The van der Waals surface area contributed by atoms with E-state index in [2.05, 4.69) is 5.32 Å². The lowest BCUT2D eigenvalue weighted by atomic mass is 10.2. The Labute approximate surface area is 167 Å². The summed E-state index contributed by atoms with van der Waals surface area (Å²) in [6, 6.07) is 7.95. The number of piperidine rings is 1. The minimum Gasteiger partial charge on any atom is -0.347 e. The van der Waals surface area contributed by atoms with Crippen molar-refractivity contribution < 1.29 is 13.2 Å². The molecule has 1 aliphatic heterocycles. The van der Waals surface area contributed by atoms with Gasteiger partial charge in [0.05, 0.1) is 6.54 Å². The van der Waals surface area contributed by atoms with Gasteiger partial charge in [-0.3, -0.25) is 4.79 Å². The van der Waals surface area contributed by atoms with Gasteiger partial charge in [-0.1, -0.05) is 29.6 Å². The van der Waals surface area contributed by atoms with Crippen molar-refractivity contribution in [1.82, 2.24) is 9.62 Å². The van der Waals surface area contributed by atoms with E-state index >= 15 is 0 Å². The van der Waals surface area contributed by atoms with Crippen molar-refractivity contribution in [3.05, 3.63) is 50.8 Å². The Bertz CT molecular complexity index is 886. The summed E-state index contributed by atoms with van der Waals surface area (Å²) in [5.74, 6) is -0.316. The molecule has 0 saturated carbocycles. The van der Waals surface area contributed by atoms with E-state index in [1.54, 1.807) is 22.5 Å². The van der Waals surface area contributed by atoms with Crippen LogP contribution in [0.2, 0.25) is 10.0 Å². The third-order valence-electron chi connectivity index (χ3n) is 4.09. The number of rotatable bonds is 5. The van der Waals surface area contributed by atoms with Gasteiger partial charge < -0.3 is 5.32 Å². The van der Waals surface area contributed by atoms with Crippen molar-refractivity contribution in [1.29, 1.82) is 0 Å². The molecule has 1 fully saturated rings. The van der Waals surface area contributed by atoms with Gasteiger partial charge in [0.1, 0.15) is 4.21 Å². The number of carbonyl (C=O) groups is 1. The number of benzene rings is 1. The molecule has 3 rings (SSSR count). The predicted octanol–water partition coefficient (Wildman–Crippen LogP) is 4.16. The van der Waals surface area contributed by atoms with Crippen LogP contribution < -0.4 is 5.32 Å². The van der Waals surface area contributed by atoms with Gasteiger partial charge in [0.2, 0.25) is 0 Å². The summed E-state index contributed by atoms with van der Waals surface area (Å²) in [5, 5.41) is 3.53. The molecule has 1 aromatic heterocycles. The van der Waals surface area contributed by atoms with Crippen LogP contribution in [0.1, 0.15) is 34.5 Å². The molecule has 26 heavy (non-hydrogen) atoms. The fourth-order valence-electron chi connectivity index (χ4n) is 2.78. The summed E-state index contributed by atoms with van der Waals surface area (Å²) in [6.07, 6.45) is 2.87. The Hall–Kier alpha value is -1.12. The Morgan fingerprint density at radius 3 is 2.38 bits per heavy atom. The second-order valence-electron chi connectivity index (χ2n) is 6.03. The topological polar surface area (TPSA) is 66.5 Å². The standard InChI is InChI=1S/C17H18Cl2N2O3S2/c18-13-8-12(9-14(19)10-13)17(22)20-11-15-4-5-16(25-15)26(23,24)21-6-2-1-3-7-21/h4-5,8-10H,1-3,6-7,11H2,(H,20,22). The predicted molar refractivity (Wildman–Crippen MR) is 105 cm³/mol. The summed E-state index contributed by atoms with van der Waals surface area (Å²) in [4.78, 5) is 13.0. The van der Waals surface area contributed by atoms with Gasteiger partial charge >= 0.3 is 0 Å². The molecule has 0 spiro atoms. The molecule has 1 amide bonds. The van der Waals surface area contributed by atoms with Crippen LogP contribution in [0.3, 0.4) is 0 Å². The fraction of sp³-hybridized carbons (Fsp3) is 0.353. The van der Waals surface area contributed by atoms with Crippen LogP contribution in [0.5, 0.6) is 0 Å². The van der Waals surface area contributed by atoms with Gasteiger partial charge in [-0.05, 0) is 43.2 Å². The molecule has 140 valence electrons. The Balaban J connectivity index is 1.66. The van der Waals surface area contributed by atoms with Gasteiger partial charge in [0.15, 0.2) is 0 Å². The van der Waals surface area contributed by atoms with Crippen molar-refractivity contribution >= 4 is 50.5 Å². The highest BCUT2D eigenvalue weighted by Crippen LogP contribution is 2.27. The van der Waals surface area contributed by atoms with E-state index in [9.17, 15) is 13.2 Å². The number of carbonyl (C=O) groups excluding carboxylic acids is 1. The smallest absolute Gasteiger partial charge is 0.252 e. The maximum atomic E-state index is 12.7. The van der Waals surface area contributed by atoms with Crippen LogP contribution in [-0.2, 0) is 16.6 Å². The summed E-state index contributed by atoms with van der Waals surface area (Å²) in [5.41, 5.74) is 0.361. The van der Waals surface area contributed by atoms with Crippen molar-refractivity contribution in [3.63, 3.8) is 0 Å². The van der Waals surface area contributed by atoms with Gasteiger partial charge in [-0.2, -0.15) is 4.31 Å². The molecule has 0 atom stereocenters. The summed E-state index contributed by atoms with van der Waals surface area (Å²) >= 11 is 13.0. The van der Waals surface area contributed by atoms with Crippen LogP contribution >= 0.6 is 34.5 Å². The van der Waals surface area contributed by atoms with Crippen LogP contribution in [-0.4, -0.2) is 31.7 Å². The maximum Gasteiger partial charge on any atom is 0.252 e. The van der Waals surface area contributed by atoms with Crippen molar-refractivity contribution in [3.8, 4) is 0 Å². The SMILES string of the molecule is O=C(NCc1ccc(S(=O)(=O)N2CCCCC2)s1)c1cc(Cl)cc(Cl)c1. The first kappa shape index (κ1) is 19.6. The molecule has 1 N–H and O–H groups in total. The molecule has 9 heteroatoms. The molecular formula is C17H18Cl2N2O3S2. The molecule has 0 radical (unpaired) electrons. The summed E-state index contributed by atoms with van der Waals surface area (Å²) < 4.78 is 27.2. The quantitative estimate of drug-likeness (QED) is 0.770. The molecule has 1 aromatic carbocycles. The van der Waals surface area contributed by atoms with Gasteiger partial charge in [0, 0.05) is 33.6 Å². The molecule has 0 bridgehead atoms. The van der Waals surface area contributed by atoms with E-state index in [1.165, 1.54) is 23.5 Å². The van der Waals surface area contributed by atoms with Crippen LogP contribution in [0.25, 0.3) is 0 Å². The first-order valence-electron chi connectivity index (χ1n) is 8.19. The molecule has 2 aromatic rings. The molecule has 0 aliphatic carbocycles. The average Bonchev–Trinajstić information content (AvgIpc) is 3.09. The third-order valence-corrected chi connectivity index (χ3v) is 7.98. The van der Waals surface area contributed by atoms with Gasteiger partial charge in [-0.25, -0.2) is 8.42 Å². The zero-order valence-electron chi connectivity index (χ0n) is 13.9. The number of amides is 1. The molecule has 1 aliphatic rings. The Morgan fingerprint density at radius 1 is 1.08 bits per heavy atom. The molecular weight excluding hydrogens is 415 g/mol. The van der Waals surface area contributed by atoms with Crippen LogP contribution in [0.15, 0.2) is 34.5 Å². The van der Waals surface area contributed by atoms with E-state index < -0.39 is 10.0 Å². The molecule has 5 nitrogen and oxygen atoms in total. The zero-order valence-corrected chi connectivity index (χ0v) is 17.0. The second-order valence-corrected chi connectivity index (χ2v) is 10.2.